The van der Waals surface area contributed by atoms with Crippen LogP contribution in [0, 0.1) is 0 Å². The standard InChI is InChI=1S/C12H17ClN2OS/c1-8(10-4-5-11(13)17-10)15-12(16)7-9-3-2-6-14-9/h4-5,8-9,14H,2-3,6-7H2,1H3,(H,15,16). The van der Waals surface area contributed by atoms with Crippen molar-refractivity contribution in [3.63, 3.8) is 0 Å². The zero-order chi connectivity index (χ0) is 12.3. The van der Waals surface area contributed by atoms with E-state index in [1.165, 1.54) is 17.8 Å². The van der Waals surface area contributed by atoms with E-state index in [1.54, 1.807) is 0 Å². The lowest BCUT2D eigenvalue weighted by Crippen LogP contribution is -2.33. The Bertz CT molecular complexity index is 388. The van der Waals surface area contributed by atoms with Gasteiger partial charge in [-0.3, -0.25) is 4.79 Å². The Labute approximate surface area is 111 Å². The van der Waals surface area contributed by atoms with Gasteiger partial charge in [0.05, 0.1) is 10.4 Å². The molecule has 0 bridgehead atoms. The van der Waals surface area contributed by atoms with Crippen molar-refractivity contribution in [2.45, 2.75) is 38.3 Å². The van der Waals surface area contributed by atoms with Crippen LogP contribution in [0.2, 0.25) is 4.34 Å². The van der Waals surface area contributed by atoms with Gasteiger partial charge in [-0.15, -0.1) is 11.3 Å². The van der Waals surface area contributed by atoms with E-state index >= 15 is 0 Å². The molecular weight excluding hydrogens is 256 g/mol. The molecule has 94 valence electrons. The van der Waals surface area contributed by atoms with Crippen molar-refractivity contribution in [2.24, 2.45) is 0 Å². The van der Waals surface area contributed by atoms with Crippen LogP contribution in [0.1, 0.15) is 37.1 Å². The molecule has 0 saturated carbocycles. The molecule has 0 aromatic carbocycles. The number of amides is 1. The monoisotopic (exact) mass is 272 g/mol. The number of rotatable bonds is 4. The van der Waals surface area contributed by atoms with Crippen molar-refractivity contribution >= 4 is 28.8 Å². The van der Waals surface area contributed by atoms with Crippen LogP contribution in [0.15, 0.2) is 12.1 Å². The molecule has 0 radical (unpaired) electrons. The highest BCUT2D eigenvalue weighted by atomic mass is 35.5. The number of hydrogen-bond donors (Lipinski definition) is 2. The van der Waals surface area contributed by atoms with Crippen LogP contribution in [0.3, 0.4) is 0 Å². The lowest BCUT2D eigenvalue weighted by molar-refractivity contribution is -0.122. The second-order valence-electron chi connectivity index (χ2n) is 4.43. The van der Waals surface area contributed by atoms with Gasteiger partial charge in [-0.05, 0) is 38.4 Å². The second-order valence-corrected chi connectivity index (χ2v) is 6.18. The first kappa shape index (κ1) is 12.9. The van der Waals surface area contributed by atoms with Crippen LogP contribution in [0.25, 0.3) is 0 Å². The predicted octanol–water partition coefficient (Wildman–Crippen LogP) is 2.72. The van der Waals surface area contributed by atoms with Crippen molar-refractivity contribution in [2.75, 3.05) is 6.54 Å². The Hall–Kier alpha value is -0.580. The van der Waals surface area contributed by atoms with Gasteiger partial charge in [0.25, 0.3) is 0 Å². The van der Waals surface area contributed by atoms with Crippen molar-refractivity contribution < 1.29 is 4.79 Å². The fourth-order valence-electron chi connectivity index (χ4n) is 2.09. The summed E-state index contributed by atoms with van der Waals surface area (Å²) < 4.78 is 0.763. The molecular formula is C12H17ClN2OS. The molecule has 2 unspecified atom stereocenters. The molecule has 2 rings (SSSR count). The van der Waals surface area contributed by atoms with E-state index in [9.17, 15) is 4.79 Å². The number of thiophene rings is 1. The van der Waals surface area contributed by atoms with Crippen LogP contribution in [-0.4, -0.2) is 18.5 Å². The van der Waals surface area contributed by atoms with Crippen molar-refractivity contribution in [1.82, 2.24) is 10.6 Å². The number of nitrogens with one attached hydrogen (secondary N) is 2. The van der Waals surface area contributed by atoms with Crippen LogP contribution in [0.5, 0.6) is 0 Å². The zero-order valence-corrected chi connectivity index (χ0v) is 11.4. The predicted molar refractivity (Wildman–Crippen MR) is 71.5 cm³/mol. The molecule has 2 N–H and O–H groups in total. The van der Waals surface area contributed by atoms with Gasteiger partial charge in [0.1, 0.15) is 0 Å². The van der Waals surface area contributed by atoms with Crippen molar-refractivity contribution in [1.29, 1.82) is 0 Å². The Morgan fingerprint density at radius 1 is 1.71 bits per heavy atom. The average molecular weight is 273 g/mol. The molecule has 1 fully saturated rings. The Morgan fingerprint density at radius 3 is 3.12 bits per heavy atom. The van der Waals surface area contributed by atoms with Crippen LogP contribution < -0.4 is 10.6 Å². The van der Waals surface area contributed by atoms with Gasteiger partial charge in [-0.2, -0.15) is 0 Å². The summed E-state index contributed by atoms with van der Waals surface area (Å²) in [5, 5.41) is 6.33. The summed E-state index contributed by atoms with van der Waals surface area (Å²) in [4.78, 5) is 12.9. The van der Waals surface area contributed by atoms with Gasteiger partial charge in [0, 0.05) is 17.3 Å². The average Bonchev–Trinajstić information content (AvgIpc) is 2.89. The van der Waals surface area contributed by atoms with Crippen LogP contribution >= 0.6 is 22.9 Å². The van der Waals surface area contributed by atoms with Gasteiger partial charge in [-0.1, -0.05) is 11.6 Å². The highest BCUT2D eigenvalue weighted by Crippen LogP contribution is 2.26. The third-order valence-electron chi connectivity index (χ3n) is 2.99. The summed E-state index contributed by atoms with van der Waals surface area (Å²) in [5.41, 5.74) is 0. The number of carbonyl (C=O) groups excluding carboxylic acids is 1. The molecule has 1 amide bonds. The summed E-state index contributed by atoms with van der Waals surface area (Å²) in [7, 11) is 0. The quantitative estimate of drug-likeness (QED) is 0.885. The van der Waals surface area contributed by atoms with Gasteiger partial charge in [-0.25, -0.2) is 0 Å². The molecule has 1 aliphatic rings. The lowest BCUT2D eigenvalue weighted by Gasteiger charge is -2.14. The zero-order valence-electron chi connectivity index (χ0n) is 9.83. The van der Waals surface area contributed by atoms with E-state index in [1.807, 2.05) is 19.1 Å². The molecule has 0 aliphatic carbocycles. The van der Waals surface area contributed by atoms with E-state index in [0.717, 1.165) is 22.2 Å². The van der Waals surface area contributed by atoms with E-state index in [-0.39, 0.29) is 11.9 Å². The Balaban J connectivity index is 1.81. The third kappa shape index (κ3) is 3.69. The second kappa shape index (κ2) is 5.85. The number of carbonyl (C=O) groups is 1. The minimum absolute atomic E-state index is 0.0430. The molecule has 0 spiro atoms. The Kier molecular flexibility index (Phi) is 4.42. The number of hydrogen-bond acceptors (Lipinski definition) is 3. The molecule has 17 heavy (non-hydrogen) atoms. The molecule has 2 atom stereocenters. The van der Waals surface area contributed by atoms with E-state index < -0.39 is 0 Å². The largest absolute Gasteiger partial charge is 0.349 e. The van der Waals surface area contributed by atoms with Crippen molar-refractivity contribution in [3.8, 4) is 0 Å². The smallest absolute Gasteiger partial charge is 0.222 e. The van der Waals surface area contributed by atoms with Gasteiger partial charge >= 0.3 is 0 Å². The first-order valence-corrected chi connectivity index (χ1v) is 7.12. The maximum absolute atomic E-state index is 11.8. The summed E-state index contributed by atoms with van der Waals surface area (Å²) in [6, 6.07) is 4.23. The van der Waals surface area contributed by atoms with Gasteiger partial charge in [0.15, 0.2) is 0 Å². The van der Waals surface area contributed by atoms with Gasteiger partial charge < -0.3 is 10.6 Å². The lowest BCUT2D eigenvalue weighted by atomic mass is 10.1. The summed E-state index contributed by atoms with van der Waals surface area (Å²) in [6.07, 6.45) is 2.85. The molecule has 1 aliphatic heterocycles. The maximum atomic E-state index is 11.8. The summed E-state index contributed by atoms with van der Waals surface area (Å²) in [6.45, 7) is 3.02. The highest BCUT2D eigenvalue weighted by Gasteiger charge is 2.19. The summed E-state index contributed by atoms with van der Waals surface area (Å²) in [5.74, 6) is 0.112. The molecule has 1 aromatic rings. The molecule has 1 aromatic heterocycles. The first-order valence-electron chi connectivity index (χ1n) is 5.93. The third-order valence-corrected chi connectivity index (χ3v) is 4.41. The van der Waals surface area contributed by atoms with Crippen LogP contribution in [-0.2, 0) is 4.79 Å². The summed E-state index contributed by atoms with van der Waals surface area (Å²) >= 11 is 7.39. The first-order chi connectivity index (χ1) is 8.15. The maximum Gasteiger partial charge on any atom is 0.222 e. The number of halogens is 1. The minimum atomic E-state index is 0.0430. The van der Waals surface area contributed by atoms with E-state index in [0.29, 0.717) is 12.5 Å². The molecule has 5 heteroatoms. The van der Waals surface area contributed by atoms with Crippen LogP contribution in [0.4, 0.5) is 0 Å². The van der Waals surface area contributed by atoms with E-state index in [2.05, 4.69) is 10.6 Å². The Morgan fingerprint density at radius 2 is 2.53 bits per heavy atom. The topological polar surface area (TPSA) is 41.1 Å². The normalized spacial score (nSPS) is 21.4. The molecule has 2 heterocycles. The fourth-order valence-corrected chi connectivity index (χ4v) is 3.15. The van der Waals surface area contributed by atoms with E-state index in [4.69, 9.17) is 11.6 Å². The minimum Gasteiger partial charge on any atom is -0.349 e. The fraction of sp³-hybridized carbons (Fsp3) is 0.583. The van der Waals surface area contributed by atoms with Gasteiger partial charge in [0.2, 0.25) is 5.91 Å². The molecule has 3 nitrogen and oxygen atoms in total. The molecule has 1 saturated heterocycles. The highest BCUT2D eigenvalue weighted by molar-refractivity contribution is 7.16. The van der Waals surface area contributed by atoms with Crippen molar-refractivity contribution in [3.05, 3.63) is 21.3 Å². The SMILES string of the molecule is CC(NC(=O)CC1CCCN1)c1ccc(Cl)s1.